The third-order valence-electron chi connectivity index (χ3n) is 2.64. The van der Waals surface area contributed by atoms with Crippen LogP contribution in [0, 0.1) is 5.92 Å². The SMILES string of the molecule is COCCN(Cc1sccc1Br)C(=O)C(C)C(=O)O. The summed E-state index contributed by atoms with van der Waals surface area (Å²) in [5.74, 6) is -2.56. The number of amides is 1. The second-order valence-electron chi connectivity index (χ2n) is 4.00. The Morgan fingerprint density at radius 3 is 2.74 bits per heavy atom. The fraction of sp³-hybridized carbons (Fsp3) is 0.500. The zero-order valence-corrected chi connectivity index (χ0v) is 13.2. The van der Waals surface area contributed by atoms with E-state index in [0.29, 0.717) is 19.7 Å². The summed E-state index contributed by atoms with van der Waals surface area (Å²) in [5, 5.41) is 10.8. The van der Waals surface area contributed by atoms with Gasteiger partial charge >= 0.3 is 5.97 Å². The molecule has 1 aromatic rings. The molecular weight excluding hydrogens is 334 g/mol. The molecule has 19 heavy (non-hydrogen) atoms. The highest BCUT2D eigenvalue weighted by molar-refractivity contribution is 9.10. The van der Waals surface area contributed by atoms with Crippen LogP contribution < -0.4 is 0 Å². The van der Waals surface area contributed by atoms with Crippen LogP contribution in [0.2, 0.25) is 0 Å². The number of aliphatic carboxylic acids is 1. The quantitative estimate of drug-likeness (QED) is 0.766. The maximum atomic E-state index is 12.1. The minimum absolute atomic E-state index is 0.372. The third-order valence-corrected chi connectivity index (χ3v) is 4.55. The maximum Gasteiger partial charge on any atom is 0.315 e. The van der Waals surface area contributed by atoms with Gasteiger partial charge in [0.2, 0.25) is 5.91 Å². The van der Waals surface area contributed by atoms with Crippen molar-refractivity contribution in [1.82, 2.24) is 4.90 Å². The first kappa shape index (κ1) is 16.1. The van der Waals surface area contributed by atoms with Gasteiger partial charge < -0.3 is 14.7 Å². The van der Waals surface area contributed by atoms with Crippen molar-refractivity contribution in [2.45, 2.75) is 13.5 Å². The zero-order valence-electron chi connectivity index (χ0n) is 10.8. The fourth-order valence-corrected chi connectivity index (χ4v) is 2.95. The highest BCUT2D eigenvalue weighted by Gasteiger charge is 2.26. The number of nitrogens with zero attached hydrogens (tertiary/aromatic N) is 1. The molecule has 0 aromatic carbocycles. The number of hydrogen-bond acceptors (Lipinski definition) is 4. The lowest BCUT2D eigenvalue weighted by Crippen LogP contribution is -2.39. The average Bonchev–Trinajstić information content (AvgIpc) is 2.78. The van der Waals surface area contributed by atoms with E-state index >= 15 is 0 Å². The molecule has 0 aliphatic rings. The Labute approximate surface area is 124 Å². The molecule has 1 unspecified atom stereocenters. The van der Waals surface area contributed by atoms with E-state index in [4.69, 9.17) is 9.84 Å². The predicted octanol–water partition coefficient (Wildman–Crippen LogP) is 2.21. The van der Waals surface area contributed by atoms with Crippen LogP contribution in [-0.4, -0.2) is 42.1 Å². The van der Waals surface area contributed by atoms with Crippen LogP contribution in [0.5, 0.6) is 0 Å². The lowest BCUT2D eigenvalue weighted by atomic mass is 10.1. The third kappa shape index (κ3) is 4.59. The molecule has 7 heteroatoms. The lowest BCUT2D eigenvalue weighted by Gasteiger charge is -2.23. The number of carboxylic acids is 1. The first-order valence-electron chi connectivity index (χ1n) is 5.69. The Hall–Kier alpha value is -0.920. The van der Waals surface area contributed by atoms with Crippen LogP contribution in [0.1, 0.15) is 11.8 Å². The summed E-state index contributed by atoms with van der Waals surface area (Å²) in [4.78, 5) is 25.5. The van der Waals surface area contributed by atoms with Gasteiger partial charge in [0.05, 0.1) is 13.2 Å². The summed E-state index contributed by atoms with van der Waals surface area (Å²) in [6.07, 6.45) is 0. The van der Waals surface area contributed by atoms with Crippen LogP contribution in [-0.2, 0) is 20.9 Å². The second kappa shape index (κ2) is 7.62. The number of carbonyl (C=O) groups excluding carboxylic acids is 1. The molecule has 0 spiro atoms. The molecular formula is C12H16BrNO4S. The number of ether oxygens (including phenoxy) is 1. The Morgan fingerprint density at radius 1 is 1.58 bits per heavy atom. The van der Waals surface area contributed by atoms with E-state index in [-0.39, 0.29) is 0 Å². The van der Waals surface area contributed by atoms with E-state index < -0.39 is 17.8 Å². The van der Waals surface area contributed by atoms with E-state index in [1.54, 1.807) is 7.11 Å². The van der Waals surface area contributed by atoms with Gasteiger partial charge in [0.1, 0.15) is 5.92 Å². The molecule has 0 radical (unpaired) electrons. The van der Waals surface area contributed by atoms with E-state index in [9.17, 15) is 9.59 Å². The van der Waals surface area contributed by atoms with Crippen molar-refractivity contribution in [3.63, 3.8) is 0 Å². The summed E-state index contributed by atoms with van der Waals surface area (Å²) in [6, 6.07) is 1.90. The second-order valence-corrected chi connectivity index (χ2v) is 5.86. The highest BCUT2D eigenvalue weighted by Crippen LogP contribution is 2.24. The molecule has 1 rings (SSSR count). The Balaban J connectivity index is 2.79. The van der Waals surface area contributed by atoms with Gasteiger partial charge in [-0.1, -0.05) is 0 Å². The molecule has 1 aromatic heterocycles. The fourth-order valence-electron chi connectivity index (χ4n) is 1.46. The van der Waals surface area contributed by atoms with Crippen LogP contribution in [0.4, 0.5) is 0 Å². The normalized spacial score (nSPS) is 12.2. The molecule has 1 atom stereocenters. The summed E-state index contributed by atoms with van der Waals surface area (Å²) in [6.45, 7) is 2.53. The van der Waals surface area contributed by atoms with Gasteiger partial charge in [0.15, 0.2) is 0 Å². The van der Waals surface area contributed by atoms with Gasteiger partial charge in [-0.25, -0.2) is 0 Å². The van der Waals surface area contributed by atoms with Crippen molar-refractivity contribution in [3.05, 3.63) is 20.8 Å². The van der Waals surface area contributed by atoms with Crippen molar-refractivity contribution in [1.29, 1.82) is 0 Å². The maximum absolute atomic E-state index is 12.1. The minimum Gasteiger partial charge on any atom is -0.481 e. The number of carboxylic acid groups (broad SMARTS) is 1. The number of methoxy groups -OCH3 is 1. The lowest BCUT2D eigenvalue weighted by molar-refractivity contribution is -0.150. The molecule has 106 valence electrons. The van der Waals surface area contributed by atoms with Crippen molar-refractivity contribution >= 4 is 39.1 Å². The molecule has 0 saturated heterocycles. The van der Waals surface area contributed by atoms with Crippen LogP contribution in [0.3, 0.4) is 0 Å². The van der Waals surface area contributed by atoms with Crippen LogP contribution in [0.25, 0.3) is 0 Å². The highest BCUT2D eigenvalue weighted by atomic mass is 79.9. The first-order valence-corrected chi connectivity index (χ1v) is 7.37. The van der Waals surface area contributed by atoms with E-state index in [1.807, 2.05) is 11.4 Å². The van der Waals surface area contributed by atoms with Gasteiger partial charge in [0.25, 0.3) is 0 Å². The number of thiophene rings is 1. The van der Waals surface area contributed by atoms with E-state index in [0.717, 1.165) is 9.35 Å². The number of hydrogen-bond donors (Lipinski definition) is 1. The summed E-state index contributed by atoms with van der Waals surface area (Å²) in [7, 11) is 1.55. The Kier molecular flexibility index (Phi) is 6.47. The Morgan fingerprint density at radius 2 is 2.26 bits per heavy atom. The largest absolute Gasteiger partial charge is 0.481 e. The zero-order chi connectivity index (χ0) is 14.4. The molecule has 5 nitrogen and oxygen atoms in total. The van der Waals surface area contributed by atoms with E-state index in [1.165, 1.54) is 23.2 Å². The first-order chi connectivity index (χ1) is 8.97. The van der Waals surface area contributed by atoms with Gasteiger partial charge in [0, 0.05) is 23.0 Å². The summed E-state index contributed by atoms with van der Waals surface area (Å²) < 4.78 is 5.89. The average molecular weight is 350 g/mol. The van der Waals surface area contributed by atoms with Crippen molar-refractivity contribution in [3.8, 4) is 0 Å². The number of carbonyl (C=O) groups is 2. The molecule has 1 amide bonds. The molecule has 1 N–H and O–H groups in total. The van der Waals surface area contributed by atoms with Crippen molar-refractivity contribution in [2.75, 3.05) is 20.3 Å². The topological polar surface area (TPSA) is 66.8 Å². The van der Waals surface area contributed by atoms with Crippen LogP contribution >= 0.6 is 27.3 Å². The predicted molar refractivity (Wildman–Crippen MR) is 76.1 cm³/mol. The molecule has 0 aliphatic carbocycles. The van der Waals surface area contributed by atoms with Crippen LogP contribution in [0.15, 0.2) is 15.9 Å². The molecule has 1 heterocycles. The standard InChI is InChI=1S/C12H16BrNO4S/c1-8(12(16)17)11(15)14(4-5-18-2)7-10-9(13)3-6-19-10/h3,6,8H,4-5,7H2,1-2H3,(H,16,17). The molecule has 0 saturated carbocycles. The molecule has 0 bridgehead atoms. The number of rotatable bonds is 7. The minimum atomic E-state index is -1.11. The smallest absolute Gasteiger partial charge is 0.315 e. The van der Waals surface area contributed by atoms with Crippen molar-refractivity contribution in [2.24, 2.45) is 5.92 Å². The van der Waals surface area contributed by atoms with Crippen molar-refractivity contribution < 1.29 is 19.4 Å². The summed E-state index contributed by atoms with van der Waals surface area (Å²) in [5.41, 5.74) is 0. The van der Waals surface area contributed by atoms with E-state index in [2.05, 4.69) is 15.9 Å². The monoisotopic (exact) mass is 349 g/mol. The number of halogens is 1. The Bertz CT molecular complexity index is 449. The van der Waals surface area contributed by atoms with Gasteiger partial charge in [-0.15, -0.1) is 11.3 Å². The molecule has 0 fully saturated rings. The van der Waals surface area contributed by atoms with Gasteiger partial charge in [-0.05, 0) is 34.3 Å². The molecule has 0 aliphatic heterocycles. The van der Waals surface area contributed by atoms with Gasteiger partial charge in [-0.3, -0.25) is 9.59 Å². The van der Waals surface area contributed by atoms with Gasteiger partial charge in [-0.2, -0.15) is 0 Å². The summed E-state index contributed by atoms with van der Waals surface area (Å²) >= 11 is 4.92.